The van der Waals surface area contributed by atoms with Crippen molar-refractivity contribution in [2.75, 3.05) is 17.3 Å². The standard InChI is InChI=1S/C22H20F6IN7O4S/c1-10(9-41(3,39)40)31-18(38)16-12(5-4-6-13(16)29)17(37)33-14-7-30-15(32-11(14)2)8-36-20(22(26,27)28)34-19(35-36)21(23,24)25/h4-7,10H,8-9H2,1-3H3,(H,31,38)(H,33,37)/t10-/m0/s1. The molecule has 3 rings (SSSR count). The molecule has 41 heavy (non-hydrogen) atoms. The van der Waals surface area contributed by atoms with E-state index in [9.17, 15) is 44.3 Å². The van der Waals surface area contributed by atoms with Crippen LogP contribution in [0.15, 0.2) is 24.4 Å². The van der Waals surface area contributed by atoms with E-state index >= 15 is 0 Å². The molecule has 0 unspecified atom stereocenters. The number of anilines is 1. The fraction of sp³-hybridized carbons (Fsp3) is 0.364. The van der Waals surface area contributed by atoms with Gasteiger partial charge in [-0.3, -0.25) is 9.59 Å². The van der Waals surface area contributed by atoms with Crippen molar-refractivity contribution in [3.8, 4) is 0 Å². The first-order chi connectivity index (χ1) is 18.8. The molecule has 0 saturated carbocycles. The molecule has 0 aliphatic heterocycles. The molecule has 2 amide bonds. The third-order valence-corrected chi connectivity index (χ3v) is 7.17. The molecule has 0 fully saturated rings. The lowest BCUT2D eigenvalue weighted by Crippen LogP contribution is -2.38. The Labute approximate surface area is 242 Å². The van der Waals surface area contributed by atoms with Gasteiger partial charge in [0, 0.05) is 15.9 Å². The molecular formula is C22H20F6IN7O4S. The zero-order chi connectivity index (χ0) is 30.9. The number of nitrogens with one attached hydrogen (secondary N) is 2. The Morgan fingerprint density at radius 3 is 2.29 bits per heavy atom. The molecule has 0 aliphatic rings. The summed E-state index contributed by atoms with van der Waals surface area (Å²) in [6.45, 7) is 1.95. The van der Waals surface area contributed by atoms with Gasteiger partial charge < -0.3 is 10.6 Å². The van der Waals surface area contributed by atoms with Crippen LogP contribution in [0.5, 0.6) is 0 Å². The number of benzene rings is 1. The molecule has 2 aromatic heterocycles. The number of hydrogen-bond acceptors (Lipinski definition) is 8. The number of nitrogens with zero attached hydrogens (tertiary/aromatic N) is 5. The van der Waals surface area contributed by atoms with Crippen molar-refractivity contribution in [2.45, 2.75) is 38.8 Å². The minimum absolute atomic E-state index is 0.0000273. The molecule has 1 aromatic carbocycles. The Morgan fingerprint density at radius 1 is 1.07 bits per heavy atom. The minimum Gasteiger partial charge on any atom is -0.349 e. The quantitative estimate of drug-likeness (QED) is 0.266. The van der Waals surface area contributed by atoms with Crippen molar-refractivity contribution in [1.29, 1.82) is 0 Å². The lowest BCUT2D eigenvalue weighted by Gasteiger charge is -2.16. The Hall–Kier alpha value is -3.36. The second-order valence-electron chi connectivity index (χ2n) is 8.78. The summed E-state index contributed by atoms with van der Waals surface area (Å²) in [5.74, 6) is -6.03. The molecule has 0 spiro atoms. The molecule has 0 aliphatic carbocycles. The fourth-order valence-corrected chi connectivity index (χ4v) is 5.29. The van der Waals surface area contributed by atoms with Gasteiger partial charge in [-0.2, -0.15) is 31.3 Å². The Bertz CT molecular complexity index is 1590. The molecule has 2 heterocycles. The Balaban J connectivity index is 1.84. The largest absolute Gasteiger partial charge is 0.453 e. The second-order valence-corrected chi connectivity index (χ2v) is 12.1. The van der Waals surface area contributed by atoms with Crippen LogP contribution >= 0.6 is 22.6 Å². The zero-order valence-electron chi connectivity index (χ0n) is 21.2. The Morgan fingerprint density at radius 2 is 1.73 bits per heavy atom. The number of carbonyl (C=O) groups excluding carboxylic acids is 2. The number of alkyl halides is 6. The van der Waals surface area contributed by atoms with E-state index in [4.69, 9.17) is 0 Å². The van der Waals surface area contributed by atoms with Crippen molar-refractivity contribution >= 4 is 49.9 Å². The summed E-state index contributed by atoms with van der Waals surface area (Å²) in [5, 5.41) is 7.91. The number of hydrogen-bond donors (Lipinski definition) is 2. The summed E-state index contributed by atoms with van der Waals surface area (Å²) in [7, 11) is -3.40. The van der Waals surface area contributed by atoms with Gasteiger partial charge in [-0.25, -0.2) is 23.1 Å². The predicted octanol–water partition coefficient (Wildman–Crippen LogP) is 3.48. The highest BCUT2D eigenvalue weighted by Gasteiger charge is 2.44. The van der Waals surface area contributed by atoms with Gasteiger partial charge >= 0.3 is 12.4 Å². The van der Waals surface area contributed by atoms with E-state index < -0.39 is 58.2 Å². The number of amides is 2. The zero-order valence-corrected chi connectivity index (χ0v) is 24.2. The maximum atomic E-state index is 13.2. The molecule has 11 nitrogen and oxygen atoms in total. The van der Waals surface area contributed by atoms with Gasteiger partial charge in [-0.15, -0.1) is 5.10 Å². The van der Waals surface area contributed by atoms with Crippen LogP contribution in [-0.4, -0.2) is 63.0 Å². The molecule has 0 radical (unpaired) electrons. The van der Waals surface area contributed by atoms with E-state index in [-0.39, 0.29) is 38.8 Å². The summed E-state index contributed by atoms with van der Waals surface area (Å²) >= 11 is 1.83. The van der Waals surface area contributed by atoms with E-state index in [1.807, 2.05) is 22.6 Å². The summed E-state index contributed by atoms with van der Waals surface area (Å²) in [5.41, 5.74) is -0.0690. The SMILES string of the molecule is Cc1nc(Cn2nc(C(F)(F)F)nc2C(F)(F)F)ncc1NC(=O)c1cccc(I)c1C(=O)N[C@@H](C)CS(C)(=O)=O. The van der Waals surface area contributed by atoms with Gasteiger partial charge in [-0.05, 0) is 48.6 Å². The first kappa shape index (κ1) is 32.2. The van der Waals surface area contributed by atoms with Gasteiger partial charge in [0.2, 0.25) is 5.82 Å². The van der Waals surface area contributed by atoms with Gasteiger partial charge in [-0.1, -0.05) is 6.07 Å². The first-order valence-electron chi connectivity index (χ1n) is 11.3. The summed E-state index contributed by atoms with van der Waals surface area (Å²) < 4.78 is 102. The van der Waals surface area contributed by atoms with Crippen molar-refractivity contribution in [3.05, 3.63) is 62.3 Å². The molecule has 19 heteroatoms. The number of rotatable bonds is 8. The van der Waals surface area contributed by atoms with Crippen LogP contribution in [0.25, 0.3) is 0 Å². The van der Waals surface area contributed by atoms with E-state index in [1.165, 1.54) is 26.0 Å². The molecular weight excluding hydrogens is 699 g/mol. The van der Waals surface area contributed by atoms with Crippen LogP contribution in [-0.2, 0) is 28.7 Å². The second kappa shape index (κ2) is 11.9. The van der Waals surface area contributed by atoms with Gasteiger partial charge in [0.05, 0.1) is 34.5 Å². The highest BCUT2D eigenvalue weighted by molar-refractivity contribution is 14.1. The van der Waals surface area contributed by atoms with E-state index in [1.54, 1.807) is 6.07 Å². The van der Waals surface area contributed by atoms with Crippen LogP contribution in [0.3, 0.4) is 0 Å². The van der Waals surface area contributed by atoms with Crippen molar-refractivity contribution < 1.29 is 44.3 Å². The molecule has 0 bridgehead atoms. The maximum Gasteiger partial charge on any atom is 0.453 e. The van der Waals surface area contributed by atoms with E-state index in [0.29, 0.717) is 3.57 Å². The van der Waals surface area contributed by atoms with Crippen LogP contribution in [0.1, 0.15) is 50.8 Å². The molecule has 0 saturated heterocycles. The monoisotopic (exact) mass is 719 g/mol. The van der Waals surface area contributed by atoms with Crippen molar-refractivity contribution in [2.24, 2.45) is 0 Å². The molecule has 222 valence electrons. The number of carbonyl (C=O) groups is 2. The van der Waals surface area contributed by atoms with Crippen LogP contribution in [0, 0.1) is 10.5 Å². The minimum atomic E-state index is -5.24. The third-order valence-electron chi connectivity index (χ3n) is 5.16. The number of aryl methyl sites for hydroxylation is 1. The van der Waals surface area contributed by atoms with E-state index in [0.717, 1.165) is 12.5 Å². The molecule has 3 aromatic rings. The van der Waals surface area contributed by atoms with Gasteiger partial charge in [0.1, 0.15) is 22.2 Å². The van der Waals surface area contributed by atoms with Crippen LogP contribution < -0.4 is 10.6 Å². The topological polar surface area (TPSA) is 149 Å². The van der Waals surface area contributed by atoms with Crippen LogP contribution in [0.4, 0.5) is 32.0 Å². The van der Waals surface area contributed by atoms with Gasteiger partial charge in [0.25, 0.3) is 17.6 Å². The summed E-state index contributed by atoms with van der Waals surface area (Å²) in [6, 6.07) is 3.65. The predicted molar refractivity (Wildman–Crippen MR) is 140 cm³/mol. The molecule has 2 N–H and O–H groups in total. The van der Waals surface area contributed by atoms with Crippen molar-refractivity contribution in [3.63, 3.8) is 0 Å². The Kier molecular flexibility index (Phi) is 9.30. The lowest BCUT2D eigenvalue weighted by atomic mass is 10.1. The number of sulfone groups is 1. The maximum absolute atomic E-state index is 13.2. The average molecular weight is 719 g/mol. The third kappa shape index (κ3) is 8.33. The highest BCUT2D eigenvalue weighted by atomic mass is 127. The van der Waals surface area contributed by atoms with Gasteiger partial charge in [0.15, 0.2) is 0 Å². The van der Waals surface area contributed by atoms with Crippen molar-refractivity contribution in [1.82, 2.24) is 30.0 Å². The average Bonchev–Trinajstić information content (AvgIpc) is 3.24. The summed E-state index contributed by atoms with van der Waals surface area (Å²) in [4.78, 5) is 36.3. The summed E-state index contributed by atoms with van der Waals surface area (Å²) in [6.07, 6.45) is -8.41. The normalized spacial score (nSPS) is 13.1. The molecule has 1 atom stereocenters. The fourth-order valence-electron chi connectivity index (χ4n) is 3.56. The number of halogens is 7. The lowest BCUT2D eigenvalue weighted by molar-refractivity contribution is -0.150. The van der Waals surface area contributed by atoms with Crippen LogP contribution in [0.2, 0.25) is 0 Å². The first-order valence-corrected chi connectivity index (χ1v) is 14.4. The number of aromatic nitrogens is 5. The highest BCUT2D eigenvalue weighted by Crippen LogP contribution is 2.32. The smallest absolute Gasteiger partial charge is 0.349 e. The van der Waals surface area contributed by atoms with E-state index in [2.05, 4.69) is 30.7 Å².